The molecule has 6 nitrogen and oxygen atoms in total. The first-order valence-corrected chi connectivity index (χ1v) is 8.36. The number of halogens is 1. The average molecular weight is 352 g/mol. The predicted molar refractivity (Wildman–Crippen MR) is 96.2 cm³/mol. The first kappa shape index (κ1) is 16.3. The van der Waals surface area contributed by atoms with Gasteiger partial charge in [-0.25, -0.2) is 14.4 Å². The molecule has 1 amide bonds. The third-order valence-electron chi connectivity index (χ3n) is 4.64. The Balaban J connectivity index is 1.96. The third-order valence-corrected chi connectivity index (χ3v) is 4.64. The van der Waals surface area contributed by atoms with Gasteiger partial charge in [0.15, 0.2) is 5.82 Å². The topological polar surface area (TPSA) is 92.3 Å². The first-order valence-electron chi connectivity index (χ1n) is 8.36. The van der Waals surface area contributed by atoms with Crippen LogP contribution in [0.25, 0.3) is 22.3 Å². The molecule has 3 N–H and O–H groups in total. The van der Waals surface area contributed by atoms with Crippen molar-refractivity contribution in [1.82, 2.24) is 9.97 Å². The minimum absolute atomic E-state index is 0.0489. The van der Waals surface area contributed by atoms with E-state index in [2.05, 4.69) is 9.97 Å². The van der Waals surface area contributed by atoms with E-state index >= 15 is 0 Å². The Labute approximate surface area is 149 Å². The molecule has 0 bridgehead atoms. The van der Waals surface area contributed by atoms with Crippen LogP contribution < -0.4 is 10.6 Å². The fraction of sp³-hybridized carbons (Fsp3) is 0.211. The maximum atomic E-state index is 13.8. The number of primary amides is 1. The molecule has 1 saturated heterocycles. The lowest BCUT2D eigenvalue weighted by Crippen LogP contribution is -2.40. The zero-order valence-corrected chi connectivity index (χ0v) is 13.9. The van der Waals surface area contributed by atoms with Crippen molar-refractivity contribution in [3.8, 4) is 17.1 Å². The Hall–Kier alpha value is -3.22. The van der Waals surface area contributed by atoms with E-state index in [1.54, 1.807) is 35.2 Å². The van der Waals surface area contributed by atoms with Crippen LogP contribution in [0.1, 0.15) is 12.8 Å². The van der Waals surface area contributed by atoms with Gasteiger partial charge in [0, 0.05) is 11.9 Å². The Morgan fingerprint density at radius 2 is 2.04 bits per heavy atom. The number of nitrogens with two attached hydrogens (primary N) is 1. The van der Waals surface area contributed by atoms with Crippen LogP contribution in [0.2, 0.25) is 0 Å². The van der Waals surface area contributed by atoms with E-state index in [0.29, 0.717) is 41.1 Å². The van der Waals surface area contributed by atoms with Crippen LogP contribution in [0.15, 0.2) is 42.5 Å². The number of carbonyl (C=O) groups is 1. The lowest BCUT2D eigenvalue weighted by Gasteiger charge is -2.25. The molecule has 1 aromatic heterocycles. The van der Waals surface area contributed by atoms with Crippen LogP contribution in [-0.4, -0.2) is 33.6 Å². The molecule has 0 aliphatic carbocycles. The number of nitrogens with zero attached hydrogens (tertiary/aromatic N) is 3. The van der Waals surface area contributed by atoms with Gasteiger partial charge in [-0.3, -0.25) is 4.79 Å². The fourth-order valence-corrected chi connectivity index (χ4v) is 3.40. The van der Waals surface area contributed by atoms with Crippen molar-refractivity contribution in [1.29, 1.82) is 0 Å². The second-order valence-corrected chi connectivity index (χ2v) is 6.30. The monoisotopic (exact) mass is 352 g/mol. The normalized spacial score (nSPS) is 17.0. The molecule has 1 fully saturated rings. The summed E-state index contributed by atoms with van der Waals surface area (Å²) in [5.41, 5.74) is 6.53. The van der Waals surface area contributed by atoms with Gasteiger partial charge in [-0.05, 0) is 43.2 Å². The number of benzene rings is 2. The second kappa shape index (κ2) is 6.25. The molecule has 7 heteroatoms. The summed E-state index contributed by atoms with van der Waals surface area (Å²) >= 11 is 0. The minimum Gasteiger partial charge on any atom is -0.507 e. The molecule has 3 aromatic rings. The number of hydrogen-bond acceptors (Lipinski definition) is 5. The SMILES string of the molecule is NC(=O)C1CCCN1c1nc(-c2ccccc2O)nc2ccc(F)cc12. The highest BCUT2D eigenvalue weighted by molar-refractivity contribution is 5.94. The lowest BCUT2D eigenvalue weighted by molar-refractivity contribution is -0.119. The van der Waals surface area contributed by atoms with Gasteiger partial charge in [-0.1, -0.05) is 12.1 Å². The number of aromatic nitrogens is 2. The summed E-state index contributed by atoms with van der Waals surface area (Å²) in [5, 5.41) is 10.7. The van der Waals surface area contributed by atoms with Gasteiger partial charge in [0.05, 0.1) is 11.1 Å². The number of phenols is 1. The minimum atomic E-state index is -0.492. The van der Waals surface area contributed by atoms with Crippen LogP contribution in [0, 0.1) is 5.82 Å². The third kappa shape index (κ3) is 2.71. The summed E-state index contributed by atoms with van der Waals surface area (Å²) in [5.74, 6) is -0.0311. The van der Waals surface area contributed by atoms with Gasteiger partial charge in [-0.15, -0.1) is 0 Å². The number of phenolic OH excluding ortho intramolecular Hbond substituents is 1. The molecular formula is C19H17FN4O2. The van der Waals surface area contributed by atoms with Crippen LogP contribution >= 0.6 is 0 Å². The maximum absolute atomic E-state index is 13.8. The number of rotatable bonds is 3. The molecule has 1 atom stereocenters. The Kier molecular flexibility index (Phi) is 3.91. The summed E-state index contributed by atoms with van der Waals surface area (Å²) < 4.78 is 13.8. The van der Waals surface area contributed by atoms with Gasteiger partial charge >= 0.3 is 0 Å². The van der Waals surface area contributed by atoms with Gasteiger partial charge in [0.2, 0.25) is 5.91 Å². The zero-order chi connectivity index (χ0) is 18.3. The molecule has 0 radical (unpaired) electrons. The van der Waals surface area contributed by atoms with E-state index in [1.807, 2.05) is 0 Å². The number of carbonyl (C=O) groups excluding carboxylic acids is 1. The molecule has 1 aliphatic rings. The smallest absolute Gasteiger partial charge is 0.240 e. The summed E-state index contributed by atoms with van der Waals surface area (Å²) in [4.78, 5) is 22.7. The first-order chi connectivity index (χ1) is 12.5. The molecule has 132 valence electrons. The van der Waals surface area contributed by atoms with E-state index in [9.17, 15) is 14.3 Å². The fourth-order valence-electron chi connectivity index (χ4n) is 3.40. The summed E-state index contributed by atoms with van der Waals surface area (Å²) in [6.45, 7) is 0.594. The molecular weight excluding hydrogens is 335 g/mol. The largest absolute Gasteiger partial charge is 0.507 e. The highest BCUT2D eigenvalue weighted by Crippen LogP contribution is 2.34. The van der Waals surface area contributed by atoms with Crippen LogP contribution in [0.3, 0.4) is 0 Å². The molecule has 1 aliphatic heterocycles. The van der Waals surface area contributed by atoms with Crippen LogP contribution in [0.4, 0.5) is 10.2 Å². The molecule has 0 saturated carbocycles. The predicted octanol–water partition coefficient (Wildman–Crippen LogP) is 2.60. The quantitative estimate of drug-likeness (QED) is 0.756. The Bertz CT molecular complexity index is 1010. The Morgan fingerprint density at radius 1 is 1.23 bits per heavy atom. The highest BCUT2D eigenvalue weighted by Gasteiger charge is 2.31. The van der Waals surface area contributed by atoms with Gasteiger partial charge in [0.25, 0.3) is 0 Å². The van der Waals surface area contributed by atoms with Gasteiger partial charge in [0.1, 0.15) is 23.4 Å². The van der Waals surface area contributed by atoms with Crippen molar-refractivity contribution in [2.24, 2.45) is 5.73 Å². The number of amides is 1. The second-order valence-electron chi connectivity index (χ2n) is 6.30. The van der Waals surface area contributed by atoms with Crippen molar-refractivity contribution >= 4 is 22.6 Å². The standard InChI is InChI=1S/C19H17FN4O2/c20-11-7-8-14-13(10-11)19(24-9-3-5-15(24)17(21)26)23-18(22-14)12-4-1-2-6-16(12)25/h1-2,4,6-8,10,15,25H,3,5,9H2,(H2,21,26). The maximum Gasteiger partial charge on any atom is 0.240 e. The van der Waals surface area contributed by atoms with Crippen LogP contribution in [0.5, 0.6) is 5.75 Å². The van der Waals surface area contributed by atoms with Crippen molar-refractivity contribution in [3.63, 3.8) is 0 Å². The van der Waals surface area contributed by atoms with Crippen molar-refractivity contribution in [3.05, 3.63) is 48.3 Å². The van der Waals surface area contributed by atoms with Crippen molar-refractivity contribution in [2.45, 2.75) is 18.9 Å². The molecule has 0 spiro atoms. The molecule has 26 heavy (non-hydrogen) atoms. The van der Waals surface area contributed by atoms with Gasteiger partial charge < -0.3 is 15.7 Å². The number of aromatic hydroxyl groups is 1. The van der Waals surface area contributed by atoms with Crippen LogP contribution in [-0.2, 0) is 4.79 Å². The molecule has 2 heterocycles. The average Bonchev–Trinajstić information content (AvgIpc) is 3.11. The molecule has 4 rings (SSSR count). The highest BCUT2D eigenvalue weighted by atomic mass is 19.1. The number of hydrogen-bond donors (Lipinski definition) is 2. The Morgan fingerprint density at radius 3 is 2.81 bits per heavy atom. The van der Waals surface area contributed by atoms with E-state index in [0.717, 1.165) is 6.42 Å². The summed E-state index contributed by atoms with van der Waals surface area (Å²) in [6.07, 6.45) is 1.42. The molecule has 1 unspecified atom stereocenters. The zero-order valence-electron chi connectivity index (χ0n) is 13.9. The lowest BCUT2D eigenvalue weighted by atomic mass is 10.1. The van der Waals surface area contributed by atoms with E-state index in [-0.39, 0.29) is 5.75 Å². The van der Waals surface area contributed by atoms with Crippen molar-refractivity contribution < 1.29 is 14.3 Å². The van der Waals surface area contributed by atoms with Crippen molar-refractivity contribution in [2.75, 3.05) is 11.4 Å². The number of anilines is 1. The number of fused-ring (bicyclic) bond motifs is 1. The summed E-state index contributed by atoms with van der Waals surface area (Å²) in [6, 6.07) is 10.5. The molecule has 2 aromatic carbocycles. The van der Waals surface area contributed by atoms with E-state index in [4.69, 9.17) is 5.73 Å². The van der Waals surface area contributed by atoms with E-state index in [1.165, 1.54) is 12.1 Å². The van der Waals surface area contributed by atoms with E-state index < -0.39 is 17.8 Å². The van der Waals surface area contributed by atoms with Gasteiger partial charge in [-0.2, -0.15) is 0 Å². The summed E-state index contributed by atoms with van der Waals surface area (Å²) in [7, 11) is 0. The number of para-hydroxylation sites is 1.